The van der Waals surface area contributed by atoms with E-state index in [1.807, 2.05) is 85.9 Å². The highest BCUT2D eigenvalue weighted by Crippen LogP contribution is 2.22. The molecule has 2 amide bonds. The number of hydrogen-bond donors (Lipinski definition) is 2. The minimum absolute atomic E-state index is 0.537. The molecule has 4 aromatic rings. The van der Waals surface area contributed by atoms with Gasteiger partial charge in [-0.2, -0.15) is 10.2 Å². The lowest BCUT2D eigenvalue weighted by Gasteiger charge is -2.04. The summed E-state index contributed by atoms with van der Waals surface area (Å²) in [5.74, 6) is -1.66. The van der Waals surface area contributed by atoms with Gasteiger partial charge in [0.2, 0.25) is 0 Å². The number of carbonyl (C=O) groups excluding carboxylic acids is 2. The molecule has 0 aliphatic carbocycles. The predicted octanol–water partition coefficient (Wildman–Crippen LogP) is 3.94. The monoisotopic (exact) mass is 423 g/mol. The Morgan fingerprint density at radius 3 is 2.22 bits per heavy atom. The van der Waals surface area contributed by atoms with Crippen molar-refractivity contribution in [3.63, 3.8) is 0 Å². The first-order valence-corrected chi connectivity index (χ1v) is 10.0. The van der Waals surface area contributed by atoms with E-state index in [2.05, 4.69) is 20.9 Å². The number of aryl methyl sites for hydroxylation is 1. The van der Waals surface area contributed by atoms with Crippen LogP contribution in [0.2, 0.25) is 0 Å². The number of nitrogens with zero attached hydrogens (tertiary/aromatic N) is 3. The number of nitrogens with one attached hydrogen (secondary N) is 2. The number of rotatable bonds is 5. The van der Waals surface area contributed by atoms with E-state index < -0.39 is 11.8 Å². The first-order valence-electron chi connectivity index (χ1n) is 10.0. The Balaban J connectivity index is 1.51. The van der Waals surface area contributed by atoms with Crippen LogP contribution < -0.4 is 10.7 Å². The average molecular weight is 423 g/mol. The van der Waals surface area contributed by atoms with E-state index in [-0.39, 0.29) is 0 Å². The first-order chi connectivity index (χ1) is 15.6. The molecule has 32 heavy (non-hydrogen) atoms. The molecule has 4 rings (SSSR count). The van der Waals surface area contributed by atoms with Crippen LogP contribution in [0.5, 0.6) is 0 Å². The third kappa shape index (κ3) is 4.96. The molecule has 0 aliphatic heterocycles. The predicted molar refractivity (Wildman–Crippen MR) is 125 cm³/mol. The van der Waals surface area contributed by atoms with Gasteiger partial charge in [-0.3, -0.25) is 9.59 Å². The van der Waals surface area contributed by atoms with Crippen molar-refractivity contribution in [2.24, 2.45) is 5.10 Å². The molecular formula is C25H21N5O2. The number of anilines is 1. The topological polar surface area (TPSA) is 88.4 Å². The quantitative estimate of drug-likeness (QED) is 0.290. The normalized spacial score (nSPS) is 10.8. The van der Waals surface area contributed by atoms with Gasteiger partial charge in [-0.15, -0.1) is 0 Å². The van der Waals surface area contributed by atoms with E-state index in [4.69, 9.17) is 0 Å². The molecule has 3 aromatic carbocycles. The number of amides is 2. The fraction of sp³-hybridized carbons (Fsp3) is 0.0400. The fourth-order valence-corrected chi connectivity index (χ4v) is 3.05. The molecule has 7 nitrogen and oxygen atoms in total. The van der Waals surface area contributed by atoms with E-state index in [9.17, 15) is 9.59 Å². The van der Waals surface area contributed by atoms with Crippen molar-refractivity contribution in [3.05, 3.63) is 102 Å². The lowest BCUT2D eigenvalue weighted by molar-refractivity contribution is -0.136. The van der Waals surface area contributed by atoms with E-state index in [1.54, 1.807) is 16.8 Å². The summed E-state index contributed by atoms with van der Waals surface area (Å²) in [5, 5.41) is 11.2. The highest BCUT2D eigenvalue weighted by atomic mass is 16.2. The van der Waals surface area contributed by atoms with Crippen LogP contribution in [0.25, 0.3) is 16.9 Å². The lowest BCUT2D eigenvalue weighted by atomic mass is 10.1. The number of benzene rings is 3. The molecule has 0 spiro atoms. The zero-order valence-corrected chi connectivity index (χ0v) is 17.4. The molecule has 0 fully saturated rings. The average Bonchev–Trinajstić information content (AvgIpc) is 3.26. The van der Waals surface area contributed by atoms with Crippen LogP contribution in [-0.4, -0.2) is 27.8 Å². The molecule has 1 heterocycles. The second-order valence-corrected chi connectivity index (χ2v) is 7.10. The Morgan fingerprint density at radius 2 is 1.53 bits per heavy atom. The number of aromatic nitrogens is 2. The zero-order valence-electron chi connectivity index (χ0n) is 17.4. The zero-order chi connectivity index (χ0) is 22.3. The van der Waals surface area contributed by atoms with Gasteiger partial charge in [0.05, 0.1) is 11.9 Å². The van der Waals surface area contributed by atoms with Gasteiger partial charge in [0.25, 0.3) is 0 Å². The number of carbonyl (C=O) groups is 2. The van der Waals surface area contributed by atoms with Crippen LogP contribution >= 0.6 is 0 Å². The van der Waals surface area contributed by atoms with Crippen molar-refractivity contribution in [2.75, 3.05) is 5.32 Å². The summed E-state index contributed by atoms with van der Waals surface area (Å²) >= 11 is 0. The van der Waals surface area contributed by atoms with Crippen LogP contribution in [0.4, 0.5) is 5.69 Å². The van der Waals surface area contributed by atoms with Crippen molar-refractivity contribution >= 4 is 23.7 Å². The summed E-state index contributed by atoms with van der Waals surface area (Å²) in [6.07, 6.45) is 3.30. The van der Waals surface area contributed by atoms with E-state index >= 15 is 0 Å². The Morgan fingerprint density at radius 1 is 0.875 bits per heavy atom. The smallest absolute Gasteiger partial charge is 0.318 e. The van der Waals surface area contributed by atoms with Crippen molar-refractivity contribution in [3.8, 4) is 16.9 Å². The molecule has 7 heteroatoms. The minimum Gasteiger partial charge on any atom is -0.318 e. The van der Waals surface area contributed by atoms with Crippen molar-refractivity contribution in [2.45, 2.75) is 6.92 Å². The van der Waals surface area contributed by atoms with Crippen LogP contribution in [0, 0.1) is 6.92 Å². The molecule has 0 radical (unpaired) electrons. The molecule has 0 aliphatic rings. The van der Waals surface area contributed by atoms with Crippen molar-refractivity contribution in [1.82, 2.24) is 15.2 Å². The summed E-state index contributed by atoms with van der Waals surface area (Å²) in [6, 6.07) is 26.5. The van der Waals surface area contributed by atoms with Crippen molar-refractivity contribution in [1.29, 1.82) is 0 Å². The Kier molecular flexibility index (Phi) is 6.17. The van der Waals surface area contributed by atoms with Gasteiger partial charge in [0, 0.05) is 23.0 Å². The SMILES string of the molecule is Cc1ccc(NC(=O)C(=O)N/N=C/c2cn(-c3ccccc3)nc2-c2ccccc2)cc1. The third-order valence-corrected chi connectivity index (χ3v) is 4.70. The molecular weight excluding hydrogens is 402 g/mol. The molecule has 0 bridgehead atoms. The number of hydrogen-bond acceptors (Lipinski definition) is 4. The van der Waals surface area contributed by atoms with Crippen molar-refractivity contribution < 1.29 is 9.59 Å². The Labute approximate surface area is 185 Å². The molecule has 0 saturated carbocycles. The molecule has 1 aromatic heterocycles. The summed E-state index contributed by atoms with van der Waals surface area (Å²) in [6.45, 7) is 1.94. The highest BCUT2D eigenvalue weighted by Gasteiger charge is 2.14. The van der Waals surface area contributed by atoms with Crippen LogP contribution in [-0.2, 0) is 9.59 Å². The molecule has 158 valence electrons. The summed E-state index contributed by atoms with van der Waals surface area (Å²) < 4.78 is 1.75. The highest BCUT2D eigenvalue weighted by molar-refractivity contribution is 6.39. The Bertz CT molecular complexity index is 1250. The fourth-order valence-electron chi connectivity index (χ4n) is 3.05. The summed E-state index contributed by atoms with van der Waals surface area (Å²) in [4.78, 5) is 24.2. The molecule has 0 unspecified atom stereocenters. The molecule has 0 saturated heterocycles. The van der Waals surface area contributed by atoms with E-state index in [0.717, 1.165) is 16.8 Å². The first kappa shape index (κ1) is 20.7. The largest absolute Gasteiger partial charge is 0.329 e. The maximum atomic E-state index is 12.1. The maximum absolute atomic E-state index is 12.1. The maximum Gasteiger partial charge on any atom is 0.329 e. The van der Waals surface area contributed by atoms with Crippen LogP contribution in [0.15, 0.2) is 96.2 Å². The standard InChI is InChI=1S/C25H21N5O2/c1-18-12-14-21(15-13-18)27-24(31)25(32)28-26-16-20-17-30(22-10-6-3-7-11-22)29-23(20)19-8-4-2-5-9-19/h2-17H,1H3,(H,27,31)(H,28,32)/b26-16+. The second-order valence-electron chi connectivity index (χ2n) is 7.10. The van der Waals surface area contributed by atoms with Gasteiger partial charge in [-0.1, -0.05) is 66.2 Å². The lowest BCUT2D eigenvalue weighted by Crippen LogP contribution is -2.32. The third-order valence-electron chi connectivity index (χ3n) is 4.70. The summed E-state index contributed by atoms with van der Waals surface area (Å²) in [5.41, 5.74) is 7.07. The van der Waals surface area contributed by atoms with Gasteiger partial charge < -0.3 is 5.32 Å². The van der Waals surface area contributed by atoms with Gasteiger partial charge in [0.1, 0.15) is 5.69 Å². The van der Waals surface area contributed by atoms with Crippen LogP contribution in [0.3, 0.4) is 0 Å². The van der Waals surface area contributed by atoms with Crippen LogP contribution in [0.1, 0.15) is 11.1 Å². The van der Waals surface area contributed by atoms with Gasteiger partial charge in [0.15, 0.2) is 0 Å². The van der Waals surface area contributed by atoms with Gasteiger partial charge >= 0.3 is 11.8 Å². The molecule has 2 N–H and O–H groups in total. The van der Waals surface area contributed by atoms with Gasteiger partial charge in [-0.05, 0) is 31.2 Å². The Hall–Kier alpha value is -4.52. The minimum atomic E-state index is -0.862. The van der Waals surface area contributed by atoms with E-state index in [0.29, 0.717) is 16.9 Å². The second kappa shape index (κ2) is 9.53. The van der Waals surface area contributed by atoms with Gasteiger partial charge in [-0.25, -0.2) is 10.1 Å². The van der Waals surface area contributed by atoms with E-state index in [1.165, 1.54) is 6.21 Å². The number of para-hydroxylation sites is 1. The molecule has 0 atom stereocenters. The number of hydrazone groups is 1. The summed E-state index contributed by atoms with van der Waals surface area (Å²) in [7, 11) is 0.